The molecule has 1 unspecified atom stereocenters. The molecule has 35 heavy (non-hydrogen) atoms. The third kappa shape index (κ3) is 4.56. The summed E-state index contributed by atoms with van der Waals surface area (Å²) in [6, 6.07) is 25.3. The van der Waals surface area contributed by atoms with E-state index in [1.165, 1.54) is 29.2 Å². The van der Waals surface area contributed by atoms with Crippen LogP contribution in [0.4, 0.5) is 4.79 Å². The second kappa shape index (κ2) is 9.52. The van der Waals surface area contributed by atoms with Gasteiger partial charge in [0, 0.05) is 12.1 Å². The Hall–Kier alpha value is -4.30. The number of carbonyl (C=O) groups excluding carboxylic acids is 1. The number of phenolic OH excluding ortho intramolecular Hbond substituents is 1. The summed E-state index contributed by atoms with van der Waals surface area (Å²) in [5, 5.41) is 20.9. The van der Waals surface area contributed by atoms with Crippen molar-refractivity contribution >= 4 is 12.1 Å². The van der Waals surface area contributed by atoms with Gasteiger partial charge in [-0.15, -0.1) is 0 Å². The number of nitrogens with two attached hydrogens (primary N) is 1. The quantitative estimate of drug-likeness (QED) is 0.537. The molecule has 2 aliphatic rings. The number of aliphatic hydroxyl groups is 1. The van der Waals surface area contributed by atoms with Gasteiger partial charge in [0.25, 0.3) is 0 Å². The molecule has 1 amide bonds. The SMILES string of the molecule is NC1=NC2=C(CCN(C(=O)Oc3ccc(O)cc3)C2)C(O)N1C(c1ccccc1)c1ccccc1. The van der Waals surface area contributed by atoms with Gasteiger partial charge in [-0.3, -0.25) is 0 Å². The Balaban J connectivity index is 1.39. The average molecular weight is 471 g/mol. The van der Waals surface area contributed by atoms with Crippen LogP contribution in [-0.4, -0.2) is 51.4 Å². The van der Waals surface area contributed by atoms with Crippen LogP contribution in [-0.2, 0) is 0 Å². The van der Waals surface area contributed by atoms with Crippen LogP contribution >= 0.6 is 0 Å². The topological polar surface area (TPSA) is 112 Å². The molecular formula is C27H26N4O4. The fraction of sp³-hybridized carbons (Fsp3) is 0.185. The summed E-state index contributed by atoms with van der Waals surface area (Å²) in [4.78, 5) is 20.6. The van der Waals surface area contributed by atoms with Crippen molar-refractivity contribution in [3.63, 3.8) is 0 Å². The zero-order chi connectivity index (χ0) is 24.4. The summed E-state index contributed by atoms with van der Waals surface area (Å²) in [5.41, 5.74) is 9.71. The summed E-state index contributed by atoms with van der Waals surface area (Å²) >= 11 is 0. The Labute approximate surface area is 203 Å². The predicted octanol–water partition coefficient (Wildman–Crippen LogP) is 3.59. The van der Waals surface area contributed by atoms with E-state index in [0.717, 1.165) is 16.7 Å². The van der Waals surface area contributed by atoms with E-state index in [2.05, 4.69) is 4.99 Å². The van der Waals surface area contributed by atoms with E-state index in [9.17, 15) is 15.0 Å². The molecule has 0 radical (unpaired) electrons. The fourth-order valence-corrected chi connectivity index (χ4v) is 4.53. The Morgan fingerprint density at radius 2 is 1.57 bits per heavy atom. The van der Waals surface area contributed by atoms with Crippen LogP contribution in [0.15, 0.2) is 101 Å². The standard InChI is InChI=1S/C27H26N4O4/c28-26-29-23-17-30(27(34)35-21-13-11-20(32)12-14-21)16-15-22(23)25(33)31(26)24(18-7-3-1-4-8-18)19-9-5-2-6-10-19/h1-14,24-25,32-33H,15-17H2,(H2,28,29). The monoisotopic (exact) mass is 470 g/mol. The van der Waals surface area contributed by atoms with Gasteiger partial charge in [-0.25, -0.2) is 9.79 Å². The van der Waals surface area contributed by atoms with Gasteiger partial charge in [-0.05, 0) is 41.8 Å². The van der Waals surface area contributed by atoms with Crippen molar-refractivity contribution < 1.29 is 19.7 Å². The summed E-state index contributed by atoms with van der Waals surface area (Å²) < 4.78 is 5.42. The zero-order valence-corrected chi connectivity index (χ0v) is 19.0. The predicted molar refractivity (Wildman–Crippen MR) is 132 cm³/mol. The second-order valence-electron chi connectivity index (χ2n) is 8.48. The smallest absolute Gasteiger partial charge is 0.415 e. The molecule has 3 aromatic carbocycles. The van der Waals surface area contributed by atoms with Gasteiger partial charge >= 0.3 is 6.09 Å². The van der Waals surface area contributed by atoms with Crippen LogP contribution in [0.1, 0.15) is 23.6 Å². The van der Waals surface area contributed by atoms with Crippen LogP contribution in [0.2, 0.25) is 0 Å². The summed E-state index contributed by atoms with van der Waals surface area (Å²) in [5.74, 6) is 0.606. The van der Waals surface area contributed by atoms with Gasteiger partial charge in [0.2, 0.25) is 0 Å². The minimum Gasteiger partial charge on any atom is -0.508 e. The molecule has 0 aliphatic carbocycles. The third-order valence-corrected chi connectivity index (χ3v) is 6.26. The average Bonchev–Trinajstić information content (AvgIpc) is 2.88. The van der Waals surface area contributed by atoms with Crippen LogP contribution < -0.4 is 10.5 Å². The lowest BCUT2D eigenvalue weighted by Gasteiger charge is -2.43. The van der Waals surface area contributed by atoms with Crippen molar-refractivity contribution in [3.8, 4) is 11.5 Å². The fourth-order valence-electron chi connectivity index (χ4n) is 4.53. The zero-order valence-electron chi connectivity index (χ0n) is 19.0. The third-order valence-electron chi connectivity index (χ3n) is 6.26. The number of hydrogen-bond acceptors (Lipinski definition) is 7. The maximum Gasteiger partial charge on any atom is 0.415 e. The van der Waals surface area contributed by atoms with E-state index in [1.807, 2.05) is 60.7 Å². The molecule has 0 saturated carbocycles. The highest BCUT2D eigenvalue weighted by molar-refractivity contribution is 5.82. The number of carbonyl (C=O) groups is 1. The number of hydrogen-bond donors (Lipinski definition) is 3. The van der Waals surface area contributed by atoms with Crippen LogP contribution in [0.25, 0.3) is 0 Å². The summed E-state index contributed by atoms with van der Waals surface area (Å²) in [7, 11) is 0. The van der Waals surface area contributed by atoms with Gasteiger partial charge in [-0.2, -0.15) is 0 Å². The van der Waals surface area contributed by atoms with E-state index >= 15 is 0 Å². The Morgan fingerprint density at radius 3 is 2.17 bits per heavy atom. The van der Waals surface area contributed by atoms with E-state index in [1.54, 1.807) is 4.90 Å². The molecular weight excluding hydrogens is 444 g/mol. The Bertz CT molecular complexity index is 1220. The summed E-state index contributed by atoms with van der Waals surface area (Å²) in [6.45, 7) is 0.552. The first-order chi connectivity index (χ1) is 17.0. The lowest BCUT2D eigenvalue weighted by molar-refractivity contribution is 0.0534. The number of ether oxygens (including phenoxy) is 1. The number of guanidine groups is 1. The minimum atomic E-state index is -0.983. The molecule has 0 fully saturated rings. The van der Waals surface area contributed by atoms with Gasteiger partial charge in [0.15, 0.2) is 12.2 Å². The highest BCUT2D eigenvalue weighted by Gasteiger charge is 2.38. The number of aliphatic hydroxyl groups excluding tert-OH is 1. The number of nitrogens with zero attached hydrogens (tertiary/aromatic N) is 3. The highest BCUT2D eigenvalue weighted by Crippen LogP contribution is 2.36. The Kier molecular flexibility index (Phi) is 6.12. The lowest BCUT2D eigenvalue weighted by Crippen LogP contribution is -2.52. The van der Waals surface area contributed by atoms with Crippen molar-refractivity contribution in [2.45, 2.75) is 18.7 Å². The minimum absolute atomic E-state index is 0.0902. The molecule has 8 heteroatoms. The number of phenols is 1. The number of benzene rings is 3. The van der Waals surface area contributed by atoms with Gasteiger partial charge in [0.1, 0.15) is 11.5 Å². The maximum atomic E-state index is 12.7. The number of rotatable bonds is 4. The van der Waals surface area contributed by atoms with Gasteiger partial charge in [0.05, 0.1) is 18.3 Å². The molecule has 3 aromatic rings. The second-order valence-corrected chi connectivity index (χ2v) is 8.48. The van der Waals surface area contributed by atoms with Gasteiger partial charge < -0.3 is 30.5 Å². The molecule has 4 N–H and O–H groups in total. The first-order valence-electron chi connectivity index (χ1n) is 11.4. The molecule has 0 spiro atoms. The van der Waals surface area contributed by atoms with Crippen molar-refractivity contribution in [2.24, 2.45) is 10.7 Å². The van der Waals surface area contributed by atoms with Crippen molar-refractivity contribution in [3.05, 3.63) is 107 Å². The first kappa shape index (κ1) is 22.5. The molecule has 0 bridgehead atoms. The van der Waals surface area contributed by atoms with E-state index in [4.69, 9.17) is 10.5 Å². The van der Waals surface area contributed by atoms with Crippen LogP contribution in [0.5, 0.6) is 11.5 Å². The molecule has 5 rings (SSSR count). The molecule has 0 aromatic heterocycles. The van der Waals surface area contributed by atoms with E-state index in [-0.39, 0.29) is 24.3 Å². The van der Waals surface area contributed by atoms with Gasteiger partial charge in [-0.1, -0.05) is 60.7 Å². The lowest BCUT2D eigenvalue weighted by atomic mass is 9.94. The summed E-state index contributed by atoms with van der Waals surface area (Å²) in [6.07, 6.45) is -1.08. The molecule has 2 heterocycles. The largest absolute Gasteiger partial charge is 0.508 e. The Morgan fingerprint density at radius 1 is 0.971 bits per heavy atom. The molecule has 2 aliphatic heterocycles. The number of aromatic hydroxyl groups is 1. The van der Waals surface area contributed by atoms with Crippen LogP contribution in [0.3, 0.4) is 0 Å². The van der Waals surface area contributed by atoms with E-state index in [0.29, 0.717) is 24.4 Å². The van der Waals surface area contributed by atoms with Crippen molar-refractivity contribution in [2.75, 3.05) is 13.1 Å². The molecule has 178 valence electrons. The molecule has 0 saturated heterocycles. The first-order valence-corrected chi connectivity index (χ1v) is 11.4. The van der Waals surface area contributed by atoms with Crippen LogP contribution in [0, 0.1) is 0 Å². The normalized spacial score (nSPS) is 17.8. The molecule has 1 atom stereocenters. The molecule has 8 nitrogen and oxygen atoms in total. The van der Waals surface area contributed by atoms with Crippen molar-refractivity contribution in [1.29, 1.82) is 0 Å². The number of aliphatic imine (C=N–C) groups is 1. The maximum absolute atomic E-state index is 12.7. The highest BCUT2D eigenvalue weighted by atomic mass is 16.6. The van der Waals surface area contributed by atoms with E-state index < -0.39 is 12.3 Å². The number of amides is 1. The van der Waals surface area contributed by atoms with Crippen molar-refractivity contribution in [1.82, 2.24) is 9.80 Å².